The van der Waals surface area contributed by atoms with Crippen molar-refractivity contribution in [2.24, 2.45) is 5.41 Å². The Balaban J connectivity index is 2.63. The molecule has 1 N–H and O–H groups in total. The molecular weight excluding hydrogens is 291 g/mol. The SMILES string of the molecule is CC(=O)NC1=CC(OCCCC(F)(F)F)=C(S)C1(C)C. The van der Waals surface area contributed by atoms with E-state index in [9.17, 15) is 18.0 Å². The number of amides is 1. The molecule has 0 bridgehead atoms. The molecule has 1 aliphatic rings. The van der Waals surface area contributed by atoms with Crippen molar-refractivity contribution in [1.82, 2.24) is 5.32 Å². The number of nitrogens with one attached hydrogen (secondary N) is 1. The Kier molecular flexibility index (Phi) is 5.18. The molecule has 1 rings (SSSR count). The highest BCUT2D eigenvalue weighted by atomic mass is 32.1. The molecule has 1 aliphatic carbocycles. The van der Waals surface area contributed by atoms with E-state index in [4.69, 9.17) is 4.74 Å². The minimum atomic E-state index is -4.17. The Labute approximate surface area is 121 Å². The van der Waals surface area contributed by atoms with E-state index in [1.54, 1.807) is 6.08 Å². The predicted molar refractivity (Wildman–Crippen MR) is 72.9 cm³/mol. The van der Waals surface area contributed by atoms with Crippen molar-refractivity contribution in [1.29, 1.82) is 0 Å². The number of alkyl halides is 3. The van der Waals surface area contributed by atoms with Crippen molar-refractivity contribution < 1.29 is 22.7 Å². The summed E-state index contributed by atoms with van der Waals surface area (Å²) in [4.78, 5) is 11.7. The van der Waals surface area contributed by atoms with Crippen LogP contribution in [-0.4, -0.2) is 18.7 Å². The van der Waals surface area contributed by atoms with E-state index in [0.29, 0.717) is 16.4 Å². The van der Waals surface area contributed by atoms with Crippen LogP contribution in [0.1, 0.15) is 33.6 Å². The summed E-state index contributed by atoms with van der Waals surface area (Å²) in [6, 6.07) is 0. The van der Waals surface area contributed by atoms with Gasteiger partial charge in [0.15, 0.2) is 0 Å². The van der Waals surface area contributed by atoms with E-state index < -0.39 is 18.0 Å². The minimum absolute atomic E-state index is 0.0428. The van der Waals surface area contributed by atoms with Gasteiger partial charge in [0.1, 0.15) is 5.76 Å². The van der Waals surface area contributed by atoms with Crippen LogP contribution >= 0.6 is 12.6 Å². The maximum atomic E-state index is 12.0. The number of ether oxygens (including phenoxy) is 1. The lowest BCUT2D eigenvalue weighted by Gasteiger charge is -2.23. The molecule has 0 saturated heterocycles. The molecule has 0 atom stereocenters. The molecule has 1 amide bonds. The number of allylic oxidation sites excluding steroid dienone is 2. The average Bonchev–Trinajstić information content (AvgIpc) is 2.47. The van der Waals surface area contributed by atoms with Gasteiger partial charge >= 0.3 is 6.18 Å². The van der Waals surface area contributed by atoms with Gasteiger partial charge in [-0.2, -0.15) is 13.2 Å². The minimum Gasteiger partial charge on any atom is -0.493 e. The van der Waals surface area contributed by atoms with Crippen LogP contribution in [0.25, 0.3) is 0 Å². The fourth-order valence-electron chi connectivity index (χ4n) is 1.76. The largest absolute Gasteiger partial charge is 0.493 e. The molecule has 0 unspecified atom stereocenters. The van der Waals surface area contributed by atoms with Gasteiger partial charge in [-0.15, -0.1) is 12.6 Å². The summed E-state index contributed by atoms with van der Waals surface area (Å²) in [5.74, 6) is 0.188. The zero-order valence-electron chi connectivity index (χ0n) is 11.6. The lowest BCUT2D eigenvalue weighted by molar-refractivity contribution is -0.137. The third kappa shape index (κ3) is 4.47. The molecule has 0 aromatic heterocycles. The average molecular weight is 309 g/mol. The highest BCUT2D eigenvalue weighted by Gasteiger charge is 2.35. The molecule has 0 aromatic carbocycles. The molecule has 7 heteroatoms. The highest BCUT2D eigenvalue weighted by Crippen LogP contribution is 2.43. The summed E-state index contributed by atoms with van der Waals surface area (Å²) < 4.78 is 41.4. The number of carbonyl (C=O) groups excluding carboxylic acids is 1. The third-order valence-electron chi connectivity index (χ3n) is 2.95. The Hall–Kier alpha value is -1.11. The quantitative estimate of drug-likeness (QED) is 0.602. The van der Waals surface area contributed by atoms with Crippen LogP contribution in [-0.2, 0) is 9.53 Å². The Morgan fingerprint density at radius 1 is 1.45 bits per heavy atom. The fourth-order valence-corrected chi connectivity index (χ4v) is 2.01. The Bertz CT molecular complexity index is 453. The van der Waals surface area contributed by atoms with E-state index >= 15 is 0 Å². The molecule has 0 aliphatic heterocycles. The molecule has 0 aromatic rings. The zero-order chi connectivity index (χ0) is 15.6. The summed E-state index contributed by atoms with van der Waals surface area (Å²) in [6.07, 6.45) is -3.56. The standard InChI is InChI=1S/C13H18F3NO2S/c1-8(18)17-10-7-9(11(20)12(10,2)3)19-6-4-5-13(14,15)16/h7,20H,4-6H2,1-3H3,(H,17,18). The Morgan fingerprint density at radius 3 is 2.55 bits per heavy atom. The van der Waals surface area contributed by atoms with Crippen molar-refractivity contribution in [2.75, 3.05) is 6.61 Å². The maximum absolute atomic E-state index is 12.0. The van der Waals surface area contributed by atoms with Crippen LogP contribution in [0.15, 0.2) is 22.4 Å². The smallest absolute Gasteiger partial charge is 0.389 e. The van der Waals surface area contributed by atoms with Gasteiger partial charge in [-0.25, -0.2) is 0 Å². The van der Waals surface area contributed by atoms with Crippen molar-refractivity contribution in [3.05, 3.63) is 22.4 Å². The molecule has 0 heterocycles. The number of hydrogen-bond donors (Lipinski definition) is 2. The normalized spacial score (nSPS) is 18.1. The molecular formula is C13H18F3NO2S. The van der Waals surface area contributed by atoms with E-state index in [-0.39, 0.29) is 18.9 Å². The molecule has 114 valence electrons. The topological polar surface area (TPSA) is 38.3 Å². The van der Waals surface area contributed by atoms with Gasteiger partial charge in [0.25, 0.3) is 0 Å². The van der Waals surface area contributed by atoms with Crippen LogP contribution in [0.4, 0.5) is 13.2 Å². The summed E-state index contributed by atoms with van der Waals surface area (Å²) >= 11 is 4.34. The van der Waals surface area contributed by atoms with Crippen molar-refractivity contribution in [3.8, 4) is 0 Å². The predicted octanol–water partition coefficient (Wildman–Crippen LogP) is 3.55. The zero-order valence-corrected chi connectivity index (χ0v) is 12.5. The van der Waals surface area contributed by atoms with Crippen LogP contribution in [0.2, 0.25) is 0 Å². The fraction of sp³-hybridized carbons (Fsp3) is 0.615. The summed E-state index contributed by atoms with van der Waals surface area (Å²) in [5, 5.41) is 2.68. The third-order valence-corrected chi connectivity index (χ3v) is 3.73. The van der Waals surface area contributed by atoms with Crippen LogP contribution in [0, 0.1) is 5.41 Å². The lowest BCUT2D eigenvalue weighted by atomic mass is 9.92. The second-order valence-electron chi connectivity index (χ2n) is 5.14. The summed E-state index contributed by atoms with van der Waals surface area (Å²) in [7, 11) is 0. The van der Waals surface area contributed by atoms with Crippen molar-refractivity contribution in [3.63, 3.8) is 0 Å². The van der Waals surface area contributed by atoms with Crippen LogP contribution < -0.4 is 5.32 Å². The molecule has 0 fully saturated rings. The van der Waals surface area contributed by atoms with E-state index in [2.05, 4.69) is 17.9 Å². The van der Waals surface area contributed by atoms with E-state index in [0.717, 1.165) is 0 Å². The van der Waals surface area contributed by atoms with Gasteiger partial charge < -0.3 is 10.1 Å². The van der Waals surface area contributed by atoms with E-state index in [1.807, 2.05) is 13.8 Å². The lowest BCUT2D eigenvalue weighted by Crippen LogP contribution is -2.28. The van der Waals surface area contributed by atoms with Gasteiger partial charge in [-0.05, 0) is 20.3 Å². The second-order valence-corrected chi connectivity index (χ2v) is 5.59. The van der Waals surface area contributed by atoms with E-state index in [1.165, 1.54) is 6.92 Å². The van der Waals surface area contributed by atoms with Gasteiger partial charge in [0.05, 0.1) is 6.61 Å². The molecule has 20 heavy (non-hydrogen) atoms. The molecule has 0 spiro atoms. The van der Waals surface area contributed by atoms with Crippen molar-refractivity contribution in [2.45, 2.75) is 39.8 Å². The number of thiol groups is 1. The van der Waals surface area contributed by atoms with Gasteiger partial charge in [-0.1, -0.05) is 0 Å². The summed E-state index contributed by atoms with van der Waals surface area (Å²) in [5.41, 5.74) is 0.106. The first-order valence-corrected chi connectivity index (χ1v) is 6.62. The Morgan fingerprint density at radius 2 is 2.05 bits per heavy atom. The van der Waals surface area contributed by atoms with Gasteiger partial charge in [0, 0.05) is 35.4 Å². The number of rotatable bonds is 5. The highest BCUT2D eigenvalue weighted by molar-refractivity contribution is 7.84. The molecule has 0 radical (unpaired) electrons. The number of carbonyl (C=O) groups is 1. The van der Waals surface area contributed by atoms with Gasteiger partial charge in [-0.3, -0.25) is 4.79 Å². The summed E-state index contributed by atoms with van der Waals surface area (Å²) in [6.45, 7) is 5.04. The first-order chi connectivity index (χ1) is 9.04. The first kappa shape index (κ1) is 16.9. The van der Waals surface area contributed by atoms with Crippen molar-refractivity contribution >= 4 is 18.5 Å². The maximum Gasteiger partial charge on any atom is 0.389 e. The number of halogens is 3. The second kappa shape index (κ2) is 6.11. The first-order valence-electron chi connectivity index (χ1n) is 6.17. The molecule has 3 nitrogen and oxygen atoms in total. The number of hydrogen-bond acceptors (Lipinski definition) is 3. The van der Waals surface area contributed by atoms with Gasteiger partial charge in [0.2, 0.25) is 5.91 Å². The monoisotopic (exact) mass is 309 g/mol. The van der Waals surface area contributed by atoms with Crippen LogP contribution in [0.3, 0.4) is 0 Å². The molecule has 0 saturated carbocycles. The van der Waals surface area contributed by atoms with Crippen LogP contribution in [0.5, 0.6) is 0 Å².